The van der Waals surface area contributed by atoms with Gasteiger partial charge in [0.05, 0.1) is 11.4 Å². The molecule has 2 fully saturated rings. The van der Waals surface area contributed by atoms with Gasteiger partial charge >= 0.3 is 0 Å². The largest absolute Gasteiger partial charge is 0.352 e. The highest BCUT2D eigenvalue weighted by Gasteiger charge is 2.31. The lowest BCUT2D eigenvalue weighted by atomic mass is 9.78. The summed E-state index contributed by atoms with van der Waals surface area (Å²) in [4.78, 5) is 14.8. The van der Waals surface area contributed by atoms with Crippen LogP contribution < -0.4 is 5.32 Å². The second-order valence-electron chi connectivity index (χ2n) is 8.08. The van der Waals surface area contributed by atoms with E-state index in [2.05, 4.69) is 35.1 Å². The third-order valence-corrected chi connectivity index (χ3v) is 8.57. The predicted octanol–water partition coefficient (Wildman–Crippen LogP) is 2.70. The fraction of sp³-hybridized carbons (Fsp3) is 0.650. The quantitative estimate of drug-likeness (QED) is 0.716. The minimum absolute atomic E-state index is 0.0502. The van der Waals surface area contributed by atoms with Gasteiger partial charge in [0.15, 0.2) is 0 Å². The van der Waals surface area contributed by atoms with E-state index in [4.69, 9.17) is 0 Å². The van der Waals surface area contributed by atoms with Crippen LogP contribution in [0, 0.1) is 11.8 Å². The van der Waals surface area contributed by atoms with E-state index in [1.54, 1.807) is 18.2 Å². The van der Waals surface area contributed by atoms with Crippen LogP contribution in [0.4, 0.5) is 0 Å². The fourth-order valence-corrected chi connectivity index (χ4v) is 6.17. The summed E-state index contributed by atoms with van der Waals surface area (Å²) in [6.45, 7) is 6.75. The van der Waals surface area contributed by atoms with Crippen LogP contribution in [0.2, 0.25) is 0 Å². The van der Waals surface area contributed by atoms with E-state index in [1.165, 1.54) is 17.1 Å². The molecule has 0 aromatic heterocycles. The lowest BCUT2D eigenvalue weighted by Gasteiger charge is -2.36. The maximum Gasteiger partial charge on any atom is 0.243 e. The monoisotopic (exact) mass is 471 g/mol. The minimum atomic E-state index is -3.50. The van der Waals surface area contributed by atoms with Gasteiger partial charge in [-0.15, -0.1) is 0 Å². The van der Waals surface area contributed by atoms with Crippen LogP contribution in [0.15, 0.2) is 33.6 Å². The first-order valence-corrected chi connectivity index (χ1v) is 12.3. The Labute approximate surface area is 176 Å². The molecule has 3 rings (SSSR count). The Bertz CT molecular complexity index is 794. The first-order chi connectivity index (χ1) is 13.3. The zero-order chi connectivity index (χ0) is 20.3. The van der Waals surface area contributed by atoms with E-state index in [0.29, 0.717) is 49.5 Å². The molecule has 8 heteroatoms. The number of nitrogens with zero attached hydrogens (tertiary/aromatic N) is 2. The molecule has 1 aliphatic heterocycles. The summed E-state index contributed by atoms with van der Waals surface area (Å²) in [5, 5.41) is 3.20. The molecule has 6 nitrogen and oxygen atoms in total. The van der Waals surface area contributed by atoms with Crippen molar-refractivity contribution in [2.75, 3.05) is 32.7 Å². The third-order valence-electron chi connectivity index (χ3n) is 6.19. The molecule has 1 saturated carbocycles. The Balaban J connectivity index is 1.50. The van der Waals surface area contributed by atoms with Crippen molar-refractivity contribution in [3.63, 3.8) is 0 Å². The molecular weight excluding hydrogens is 442 g/mol. The Morgan fingerprint density at radius 3 is 2.57 bits per heavy atom. The van der Waals surface area contributed by atoms with Crippen molar-refractivity contribution in [1.82, 2.24) is 14.5 Å². The van der Waals surface area contributed by atoms with Gasteiger partial charge in [0, 0.05) is 36.7 Å². The molecule has 156 valence electrons. The maximum absolute atomic E-state index is 12.8. The molecule has 3 atom stereocenters. The van der Waals surface area contributed by atoms with Crippen LogP contribution in [-0.4, -0.2) is 62.3 Å². The number of hydrogen-bond donors (Lipinski definition) is 1. The molecule has 1 N–H and O–H groups in total. The van der Waals surface area contributed by atoms with Crippen molar-refractivity contribution in [1.29, 1.82) is 0 Å². The molecule has 0 spiro atoms. The van der Waals surface area contributed by atoms with Crippen LogP contribution in [0.1, 0.15) is 33.1 Å². The van der Waals surface area contributed by atoms with Crippen molar-refractivity contribution < 1.29 is 13.2 Å². The van der Waals surface area contributed by atoms with Gasteiger partial charge in [-0.1, -0.05) is 48.7 Å². The molecular formula is C20H30BrN3O3S. The lowest BCUT2D eigenvalue weighted by Crippen LogP contribution is -2.52. The number of amides is 1. The molecule has 28 heavy (non-hydrogen) atoms. The molecule has 1 aliphatic carbocycles. The molecule has 1 amide bonds. The second-order valence-corrected chi connectivity index (χ2v) is 10.9. The van der Waals surface area contributed by atoms with Gasteiger partial charge in [-0.2, -0.15) is 4.31 Å². The zero-order valence-corrected chi connectivity index (χ0v) is 19.0. The smallest absolute Gasteiger partial charge is 0.243 e. The van der Waals surface area contributed by atoms with E-state index >= 15 is 0 Å². The summed E-state index contributed by atoms with van der Waals surface area (Å²) in [5.74, 6) is 1.20. The van der Waals surface area contributed by atoms with Crippen molar-refractivity contribution in [3.8, 4) is 0 Å². The summed E-state index contributed by atoms with van der Waals surface area (Å²) < 4.78 is 27.9. The molecule has 1 saturated heterocycles. The minimum Gasteiger partial charge on any atom is -0.352 e. The summed E-state index contributed by atoms with van der Waals surface area (Å²) in [6.07, 6.45) is 3.46. The van der Waals surface area contributed by atoms with Gasteiger partial charge < -0.3 is 5.32 Å². The van der Waals surface area contributed by atoms with Crippen LogP contribution in [-0.2, 0) is 14.8 Å². The van der Waals surface area contributed by atoms with Crippen molar-refractivity contribution in [2.24, 2.45) is 11.8 Å². The number of hydrogen-bond acceptors (Lipinski definition) is 4. The highest BCUT2D eigenvalue weighted by atomic mass is 79.9. The number of benzene rings is 1. The zero-order valence-electron chi connectivity index (χ0n) is 16.6. The molecule has 1 heterocycles. The molecule has 1 aromatic carbocycles. The lowest BCUT2D eigenvalue weighted by molar-refractivity contribution is -0.124. The SMILES string of the molecule is C[C@@H]1[C@H](C)CCC[C@H]1NC(=O)CN1CCN(S(=O)(=O)c2cccc(Br)c2)CC1. The first kappa shape index (κ1) is 21.7. The number of carbonyl (C=O) groups excluding carboxylic acids is 1. The number of sulfonamides is 1. The fourth-order valence-electron chi connectivity index (χ4n) is 4.15. The maximum atomic E-state index is 12.8. The second kappa shape index (κ2) is 9.24. The predicted molar refractivity (Wildman–Crippen MR) is 113 cm³/mol. The topological polar surface area (TPSA) is 69.7 Å². The summed E-state index contributed by atoms with van der Waals surface area (Å²) in [7, 11) is -3.50. The number of halogens is 1. The molecule has 2 aliphatic rings. The Morgan fingerprint density at radius 1 is 1.18 bits per heavy atom. The van der Waals surface area contributed by atoms with Crippen molar-refractivity contribution >= 4 is 31.9 Å². The van der Waals surface area contributed by atoms with Gasteiger partial charge in [-0.05, 0) is 36.5 Å². The van der Waals surface area contributed by atoms with E-state index in [9.17, 15) is 13.2 Å². The summed E-state index contributed by atoms with van der Waals surface area (Å²) in [5.41, 5.74) is 0. The Kier molecular flexibility index (Phi) is 7.17. The van der Waals surface area contributed by atoms with Gasteiger partial charge in [-0.3, -0.25) is 9.69 Å². The average Bonchev–Trinajstić information content (AvgIpc) is 2.66. The van der Waals surface area contributed by atoms with Crippen molar-refractivity contribution in [3.05, 3.63) is 28.7 Å². The van der Waals surface area contributed by atoms with Crippen LogP contribution >= 0.6 is 15.9 Å². The Hall–Kier alpha value is -0.960. The van der Waals surface area contributed by atoms with Gasteiger partial charge in [0.25, 0.3) is 0 Å². The number of carbonyl (C=O) groups is 1. The summed E-state index contributed by atoms with van der Waals surface area (Å²) in [6, 6.07) is 7.04. The van der Waals surface area contributed by atoms with Crippen LogP contribution in [0.3, 0.4) is 0 Å². The highest BCUT2D eigenvalue weighted by molar-refractivity contribution is 9.10. The summed E-state index contributed by atoms with van der Waals surface area (Å²) >= 11 is 3.33. The van der Waals surface area contributed by atoms with E-state index in [0.717, 1.165) is 10.9 Å². The molecule has 0 unspecified atom stereocenters. The number of piperazine rings is 1. The van der Waals surface area contributed by atoms with E-state index < -0.39 is 10.0 Å². The van der Waals surface area contributed by atoms with E-state index in [1.807, 2.05) is 11.0 Å². The third kappa shape index (κ3) is 5.14. The van der Waals surface area contributed by atoms with E-state index in [-0.39, 0.29) is 11.9 Å². The van der Waals surface area contributed by atoms with Gasteiger partial charge in [-0.25, -0.2) is 8.42 Å². The van der Waals surface area contributed by atoms with Crippen molar-refractivity contribution in [2.45, 2.75) is 44.0 Å². The standard InChI is InChI=1S/C20H30BrN3O3S/c1-15-5-3-8-19(16(15)2)22-20(25)14-23-9-11-24(12-10-23)28(26,27)18-7-4-6-17(21)13-18/h4,6-7,13,15-16,19H,3,5,8-12,14H2,1-2H3,(H,22,25)/t15-,16-,19-/m1/s1. The number of nitrogens with one attached hydrogen (secondary N) is 1. The van der Waals surface area contributed by atoms with Crippen LogP contribution in [0.5, 0.6) is 0 Å². The number of rotatable bonds is 5. The van der Waals surface area contributed by atoms with Gasteiger partial charge in [0.2, 0.25) is 15.9 Å². The normalized spacial score (nSPS) is 27.5. The molecule has 1 aromatic rings. The van der Waals surface area contributed by atoms with Crippen LogP contribution in [0.25, 0.3) is 0 Å². The van der Waals surface area contributed by atoms with Gasteiger partial charge in [0.1, 0.15) is 0 Å². The molecule has 0 radical (unpaired) electrons. The Morgan fingerprint density at radius 2 is 1.89 bits per heavy atom. The average molecular weight is 472 g/mol. The molecule has 0 bridgehead atoms. The highest BCUT2D eigenvalue weighted by Crippen LogP contribution is 2.29. The first-order valence-electron chi connectivity index (χ1n) is 10.0.